The number of ether oxygens (including phenoxy) is 3. The summed E-state index contributed by atoms with van der Waals surface area (Å²) in [7, 11) is 0. The quantitative estimate of drug-likeness (QED) is 0.849. The summed E-state index contributed by atoms with van der Waals surface area (Å²) < 4.78 is 40.9. The number of halogens is 2. The van der Waals surface area contributed by atoms with Crippen molar-refractivity contribution in [3.63, 3.8) is 0 Å². The third-order valence-electron chi connectivity index (χ3n) is 3.19. The lowest BCUT2D eigenvalue weighted by molar-refractivity contribution is -0.159. The average Bonchev–Trinajstić information content (AvgIpc) is 2.94. The minimum atomic E-state index is -3.36. The van der Waals surface area contributed by atoms with Crippen molar-refractivity contribution in [3.8, 4) is 11.5 Å². The standard InChI is InChI=1S/C13H13F2NO4/c14-13(15)4-9(20-12(13)17)6-16-5-8-1-2-10-11(3-8)19-7-18-10/h1-3,9,16H,4-7H2. The summed E-state index contributed by atoms with van der Waals surface area (Å²) in [4.78, 5) is 10.8. The number of nitrogens with one attached hydrogen (secondary N) is 1. The van der Waals surface area contributed by atoms with E-state index in [9.17, 15) is 13.6 Å². The predicted molar refractivity (Wildman–Crippen MR) is 63.7 cm³/mol. The van der Waals surface area contributed by atoms with Gasteiger partial charge in [0.1, 0.15) is 6.10 Å². The van der Waals surface area contributed by atoms with Crippen molar-refractivity contribution in [2.24, 2.45) is 0 Å². The molecule has 1 aromatic carbocycles. The van der Waals surface area contributed by atoms with Crippen LogP contribution in [0.4, 0.5) is 8.78 Å². The number of rotatable bonds is 4. The molecule has 3 rings (SSSR count). The Morgan fingerprint density at radius 3 is 2.85 bits per heavy atom. The lowest BCUT2D eigenvalue weighted by atomic mass is 10.1. The first-order chi connectivity index (χ1) is 9.54. The second-order valence-electron chi connectivity index (χ2n) is 4.75. The number of esters is 1. The molecule has 1 fully saturated rings. The van der Waals surface area contributed by atoms with Gasteiger partial charge in [0.25, 0.3) is 0 Å². The summed E-state index contributed by atoms with van der Waals surface area (Å²) >= 11 is 0. The molecule has 0 bridgehead atoms. The Morgan fingerprint density at radius 1 is 1.30 bits per heavy atom. The van der Waals surface area contributed by atoms with Crippen LogP contribution in [0.25, 0.3) is 0 Å². The largest absolute Gasteiger partial charge is 0.456 e. The van der Waals surface area contributed by atoms with Crippen LogP contribution in [0.15, 0.2) is 18.2 Å². The molecule has 1 aromatic rings. The Labute approximate surface area is 113 Å². The zero-order valence-electron chi connectivity index (χ0n) is 10.5. The summed E-state index contributed by atoms with van der Waals surface area (Å²) in [5.41, 5.74) is 0.935. The Bertz CT molecular complexity index is 535. The summed E-state index contributed by atoms with van der Waals surface area (Å²) in [5, 5.41) is 2.99. The van der Waals surface area contributed by atoms with E-state index in [4.69, 9.17) is 9.47 Å². The number of carbonyl (C=O) groups is 1. The minimum absolute atomic E-state index is 0.190. The molecule has 0 spiro atoms. The van der Waals surface area contributed by atoms with Gasteiger partial charge in [-0.25, -0.2) is 4.79 Å². The van der Waals surface area contributed by atoms with Gasteiger partial charge in [0, 0.05) is 13.1 Å². The van der Waals surface area contributed by atoms with Gasteiger partial charge >= 0.3 is 11.9 Å². The third kappa shape index (κ3) is 2.53. The highest BCUT2D eigenvalue weighted by molar-refractivity contribution is 5.79. The van der Waals surface area contributed by atoms with Crippen LogP contribution in [0, 0.1) is 0 Å². The number of fused-ring (bicyclic) bond motifs is 1. The summed E-state index contributed by atoms with van der Waals surface area (Å²) in [6, 6.07) is 5.48. The van der Waals surface area contributed by atoms with Gasteiger partial charge < -0.3 is 19.5 Å². The summed E-state index contributed by atoms with van der Waals surface area (Å²) in [5.74, 6) is -3.43. The molecule has 1 atom stereocenters. The topological polar surface area (TPSA) is 56.8 Å². The summed E-state index contributed by atoms with van der Waals surface area (Å²) in [6.07, 6.45) is -1.36. The molecule has 1 saturated heterocycles. The van der Waals surface area contributed by atoms with Crippen molar-refractivity contribution in [1.82, 2.24) is 5.32 Å². The van der Waals surface area contributed by atoms with Crippen LogP contribution in [0.5, 0.6) is 11.5 Å². The van der Waals surface area contributed by atoms with E-state index >= 15 is 0 Å². The zero-order chi connectivity index (χ0) is 14.2. The number of hydrogen-bond acceptors (Lipinski definition) is 5. The summed E-state index contributed by atoms with van der Waals surface area (Å²) in [6.45, 7) is 0.866. The predicted octanol–water partition coefficient (Wildman–Crippen LogP) is 1.46. The molecule has 5 nitrogen and oxygen atoms in total. The first-order valence-corrected chi connectivity index (χ1v) is 6.23. The Kier molecular flexibility index (Phi) is 3.21. The molecular weight excluding hydrogens is 272 g/mol. The van der Waals surface area contributed by atoms with Crippen molar-refractivity contribution < 1.29 is 27.8 Å². The van der Waals surface area contributed by atoms with Gasteiger partial charge in [0.05, 0.1) is 6.42 Å². The SMILES string of the molecule is O=C1OC(CNCc2ccc3c(c2)OCO3)CC1(F)F. The second kappa shape index (κ2) is 4.90. The average molecular weight is 285 g/mol. The van der Waals surface area contributed by atoms with E-state index in [1.807, 2.05) is 12.1 Å². The van der Waals surface area contributed by atoms with Gasteiger partial charge in [0.15, 0.2) is 11.5 Å². The maximum absolute atomic E-state index is 13.0. The van der Waals surface area contributed by atoms with E-state index in [0.717, 1.165) is 5.56 Å². The van der Waals surface area contributed by atoms with Crippen molar-refractivity contribution in [2.45, 2.75) is 25.0 Å². The number of alkyl halides is 2. The fourth-order valence-corrected chi connectivity index (χ4v) is 2.19. The normalized spacial score (nSPS) is 22.9. The van der Waals surface area contributed by atoms with Gasteiger partial charge in [-0.2, -0.15) is 8.78 Å². The fourth-order valence-electron chi connectivity index (χ4n) is 2.19. The molecule has 0 saturated carbocycles. The highest BCUT2D eigenvalue weighted by Crippen LogP contribution is 2.33. The molecule has 1 unspecified atom stereocenters. The fraction of sp³-hybridized carbons (Fsp3) is 0.462. The lowest BCUT2D eigenvalue weighted by Crippen LogP contribution is -2.26. The molecule has 108 valence electrons. The van der Waals surface area contributed by atoms with Gasteiger partial charge in [-0.05, 0) is 17.7 Å². The van der Waals surface area contributed by atoms with E-state index in [-0.39, 0.29) is 13.3 Å². The number of benzene rings is 1. The van der Waals surface area contributed by atoms with E-state index in [2.05, 4.69) is 10.1 Å². The molecule has 0 aliphatic carbocycles. The Hall–Kier alpha value is -1.89. The molecule has 0 amide bonds. The van der Waals surface area contributed by atoms with Crippen molar-refractivity contribution >= 4 is 5.97 Å². The van der Waals surface area contributed by atoms with Crippen LogP contribution in [0.1, 0.15) is 12.0 Å². The monoisotopic (exact) mass is 285 g/mol. The van der Waals surface area contributed by atoms with E-state index in [1.165, 1.54) is 0 Å². The minimum Gasteiger partial charge on any atom is -0.456 e. The molecule has 2 aliphatic rings. The second-order valence-corrected chi connectivity index (χ2v) is 4.75. The molecule has 20 heavy (non-hydrogen) atoms. The van der Waals surface area contributed by atoms with Crippen molar-refractivity contribution in [2.75, 3.05) is 13.3 Å². The van der Waals surface area contributed by atoms with Crippen LogP contribution >= 0.6 is 0 Å². The van der Waals surface area contributed by atoms with Crippen molar-refractivity contribution in [3.05, 3.63) is 23.8 Å². The van der Waals surface area contributed by atoms with E-state index < -0.39 is 24.4 Å². The van der Waals surface area contributed by atoms with Crippen LogP contribution in [-0.2, 0) is 16.1 Å². The molecule has 0 radical (unpaired) electrons. The molecular formula is C13H13F2NO4. The van der Waals surface area contributed by atoms with Gasteiger partial charge in [0.2, 0.25) is 6.79 Å². The third-order valence-corrected chi connectivity index (χ3v) is 3.19. The van der Waals surface area contributed by atoms with Crippen LogP contribution in [0.3, 0.4) is 0 Å². The highest BCUT2D eigenvalue weighted by atomic mass is 19.3. The molecule has 0 aromatic heterocycles. The van der Waals surface area contributed by atoms with Crippen LogP contribution in [-0.4, -0.2) is 31.3 Å². The lowest BCUT2D eigenvalue weighted by Gasteiger charge is -2.10. The maximum Gasteiger partial charge on any atom is 0.377 e. The maximum atomic E-state index is 13.0. The molecule has 7 heteroatoms. The van der Waals surface area contributed by atoms with Gasteiger partial charge in [-0.15, -0.1) is 0 Å². The van der Waals surface area contributed by atoms with Gasteiger partial charge in [-0.3, -0.25) is 0 Å². The number of cyclic esters (lactones) is 1. The molecule has 2 heterocycles. The van der Waals surface area contributed by atoms with E-state index in [1.54, 1.807) is 6.07 Å². The van der Waals surface area contributed by atoms with E-state index in [0.29, 0.717) is 18.0 Å². The first kappa shape index (κ1) is 13.1. The Balaban J connectivity index is 1.50. The Morgan fingerprint density at radius 2 is 2.10 bits per heavy atom. The first-order valence-electron chi connectivity index (χ1n) is 6.23. The highest BCUT2D eigenvalue weighted by Gasteiger charge is 2.50. The van der Waals surface area contributed by atoms with Crippen LogP contribution < -0.4 is 14.8 Å². The zero-order valence-corrected chi connectivity index (χ0v) is 10.5. The molecule has 2 aliphatic heterocycles. The smallest absolute Gasteiger partial charge is 0.377 e. The van der Waals surface area contributed by atoms with Crippen molar-refractivity contribution in [1.29, 1.82) is 0 Å². The van der Waals surface area contributed by atoms with Crippen LogP contribution in [0.2, 0.25) is 0 Å². The number of carbonyl (C=O) groups excluding carboxylic acids is 1. The van der Waals surface area contributed by atoms with Gasteiger partial charge in [-0.1, -0.05) is 6.07 Å². The number of hydrogen-bond donors (Lipinski definition) is 1. The molecule has 1 N–H and O–H groups in total.